The maximum absolute atomic E-state index is 14.6. The van der Waals surface area contributed by atoms with Crippen LogP contribution in [0.1, 0.15) is 31.4 Å². The van der Waals surface area contributed by atoms with Gasteiger partial charge in [-0.2, -0.15) is 5.10 Å². The van der Waals surface area contributed by atoms with Crippen molar-refractivity contribution in [1.82, 2.24) is 24.7 Å². The lowest BCUT2D eigenvalue weighted by atomic mass is 10.0. The zero-order chi connectivity index (χ0) is 25.2. The van der Waals surface area contributed by atoms with E-state index in [2.05, 4.69) is 30.8 Å². The minimum absolute atomic E-state index is 0.0492. The van der Waals surface area contributed by atoms with Gasteiger partial charge in [0.2, 0.25) is 0 Å². The third-order valence-electron chi connectivity index (χ3n) is 6.49. The Balaban J connectivity index is 1.35. The minimum atomic E-state index is -0.619. The molecule has 186 valence electrons. The molecule has 5 rings (SSSR count). The number of aromatic nitrogens is 5. The molecular formula is C25H26FN7O2S. The van der Waals surface area contributed by atoms with Gasteiger partial charge in [-0.3, -0.25) is 19.8 Å². The number of rotatable bonds is 6. The Hall–Kier alpha value is -3.73. The van der Waals surface area contributed by atoms with E-state index in [1.165, 1.54) is 60.2 Å². The number of hydrogen-bond acceptors (Lipinski definition) is 6. The molecular weight excluding hydrogens is 481 g/mol. The van der Waals surface area contributed by atoms with Gasteiger partial charge >= 0.3 is 6.03 Å². The van der Waals surface area contributed by atoms with Gasteiger partial charge in [0.05, 0.1) is 11.4 Å². The van der Waals surface area contributed by atoms with Crippen LogP contribution in [0.5, 0.6) is 0 Å². The highest BCUT2D eigenvalue weighted by molar-refractivity contribution is 7.98. The van der Waals surface area contributed by atoms with Gasteiger partial charge in [-0.15, -0.1) is 0 Å². The maximum atomic E-state index is 14.6. The van der Waals surface area contributed by atoms with Gasteiger partial charge in [0, 0.05) is 30.3 Å². The van der Waals surface area contributed by atoms with Crippen LogP contribution in [-0.4, -0.2) is 37.0 Å². The number of nitrogens with zero attached hydrogens (tertiary/aromatic N) is 4. The van der Waals surface area contributed by atoms with Crippen LogP contribution >= 0.6 is 11.8 Å². The zero-order valence-electron chi connectivity index (χ0n) is 20.0. The Kier molecular flexibility index (Phi) is 6.73. The quantitative estimate of drug-likeness (QED) is 0.251. The second kappa shape index (κ2) is 10.1. The lowest BCUT2D eigenvalue weighted by molar-refractivity contribution is 0.262. The van der Waals surface area contributed by atoms with Gasteiger partial charge in [-0.1, -0.05) is 43.5 Å². The van der Waals surface area contributed by atoms with Gasteiger partial charge in [-0.25, -0.2) is 19.2 Å². The third kappa shape index (κ3) is 4.97. The van der Waals surface area contributed by atoms with E-state index in [4.69, 9.17) is 0 Å². The number of carbonyl (C=O) groups excluding carboxylic acids is 1. The first-order valence-corrected chi connectivity index (χ1v) is 13.0. The predicted octanol–water partition coefficient (Wildman–Crippen LogP) is 4.96. The average Bonchev–Trinajstić information content (AvgIpc) is 3.55. The number of aromatic amines is 1. The van der Waals surface area contributed by atoms with Gasteiger partial charge in [0.25, 0.3) is 5.56 Å². The number of hydrogen-bond donors (Lipinski definition) is 3. The van der Waals surface area contributed by atoms with Crippen molar-refractivity contribution in [3.8, 4) is 11.1 Å². The lowest BCUT2D eigenvalue weighted by Crippen LogP contribution is -2.21. The van der Waals surface area contributed by atoms with Crippen LogP contribution < -0.4 is 16.2 Å². The standard InChI is InChI=1S/C25H26FN7O2S/c1-33-22-16(13-27-25(30-22)36-2)10-18(23(33)34)15-7-8-19(26)20(11-15)28-24(35)29-21-12-17(31-32-21)9-14-5-3-4-6-14/h7-8,10-14H,3-6,9H2,1-2H3,(H3,28,29,31,32,35). The fourth-order valence-electron chi connectivity index (χ4n) is 4.64. The van der Waals surface area contributed by atoms with Crippen molar-refractivity contribution in [3.05, 3.63) is 58.4 Å². The van der Waals surface area contributed by atoms with E-state index in [0.29, 0.717) is 39.1 Å². The molecule has 11 heteroatoms. The first kappa shape index (κ1) is 24.0. The number of H-pyrrole nitrogens is 1. The summed E-state index contributed by atoms with van der Waals surface area (Å²) >= 11 is 1.39. The number of fused-ring (bicyclic) bond motifs is 1. The van der Waals surface area contributed by atoms with Crippen LogP contribution in [0.3, 0.4) is 0 Å². The zero-order valence-corrected chi connectivity index (χ0v) is 20.8. The smallest absolute Gasteiger partial charge is 0.305 e. The number of aryl methyl sites for hydroxylation is 1. The molecule has 0 aliphatic heterocycles. The van der Waals surface area contributed by atoms with Crippen LogP contribution in [0.2, 0.25) is 0 Å². The van der Waals surface area contributed by atoms with Crippen LogP contribution in [0.15, 0.2) is 46.5 Å². The molecule has 3 N–H and O–H groups in total. The number of thioether (sulfide) groups is 1. The van der Waals surface area contributed by atoms with Crippen molar-refractivity contribution in [2.45, 2.75) is 37.3 Å². The molecule has 0 saturated heterocycles. The van der Waals surface area contributed by atoms with Crippen molar-refractivity contribution < 1.29 is 9.18 Å². The van der Waals surface area contributed by atoms with Crippen LogP contribution in [0.4, 0.5) is 20.7 Å². The normalized spacial score (nSPS) is 13.9. The van der Waals surface area contributed by atoms with Crippen LogP contribution in [-0.2, 0) is 13.5 Å². The van der Waals surface area contributed by atoms with Gasteiger partial charge < -0.3 is 5.32 Å². The number of pyridine rings is 1. The molecule has 1 saturated carbocycles. The number of benzene rings is 1. The highest BCUT2D eigenvalue weighted by Gasteiger charge is 2.18. The summed E-state index contributed by atoms with van der Waals surface area (Å²) in [7, 11) is 1.63. The Bertz CT molecular complexity index is 1490. The van der Waals surface area contributed by atoms with E-state index in [0.717, 1.165) is 12.1 Å². The molecule has 3 heterocycles. The predicted molar refractivity (Wildman–Crippen MR) is 139 cm³/mol. The molecule has 0 unspecified atom stereocenters. The number of amides is 2. The topological polar surface area (TPSA) is 118 Å². The molecule has 4 aromatic rings. The number of halogens is 1. The Morgan fingerprint density at radius 2 is 2.03 bits per heavy atom. The van der Waals surface area contributed by atoms with Crippen molar-refractivity contribution in [2.24, 2.45) is 13.0 Å². The maximum Gasteiger partial charge on any atom is 0.324 e. The number of urea groups is 1. The first-order chi connectivity index (χ1) is 17.4. The molecule has 0 radical (unpaired) electrons. The summed E-state index contributed by atoms with van der Waals surface area (Å²) < 4.78 is 16.0. The summed E-state index contributed by atoms with van der Waals surface area (Å²) in [5.41, 5.74) is 1.87. The van der Waals surface area contributed by atoms with Gasteiger partial charge in [0.1, 0.15) is 17.3 Å². The highest BCUT2D eigenvalue weighted by Crippen LogP contribution is 2.28. The van der Waals surface area contributed by atoms with E-state index >= 15 is 0 Å². The van der Waals surface area contributed by atoms with Crippen LogP contribution in [0.25, 0.3) is 22.2 Å². The third-order valence-corrected chi connectivity index (χ3v) is 7.05. The van der Waals surface area contributed by atoms with Crippen molar-refractivity contribution in [1.29, 1.82) is 0 Å². The number of anilines is 2. The molecule has 0 spiro atoms. The average molecular weight is 508 g/mol. The van der Waals surface area contributed by atoms with E-state index in [-0.39, 0.29) is 11.2 Å². The monoisotopic (exact) mass is 507 g/mol. The second-order valence-electron chi connectivity index (χ2n) is 8.96. The lowest BCUT2D eigenvalue weighted by Gasteiger charge is -2.11. The molecule has 2 amide bonds. The van der Waals surface area contributed by atoms with Gasteiger partial charge in [0.15, 0.2) is 5.16 Å². The SMILES string of the molecule is CSc1ncc2cc(-c3ccc(F)c(NC(=O)Nc4cc(CC5CCCC5)n[nH]4)c3)c(=O)n(C)c2n1. The summed E-state index contributed by atoms with van der Waals surface area (Å²) in [6, 6.07) is 7.02. The highest BCUT2D eigenvalue weighted by atomic mass is 32.2. The molecule has 36 heavy (non-hydrogen) atoms. The number of carbonyl (C=O) groups is 1. The van der Waals surface area contributed by atoms with E-state index < -0.39 is 11.8 Å². The Labute approximate surface area is 210 Å². The molecule has 1 aromatic carbocycles. The fourth-order valence-corrected chi connectivity index (χ4v) is 4.98. The molecule has 0 bridgehead atoms. The molecule has 1 aliphatic rings. The molecule has 3 aromatic heterocycles. The summed E-state index contributed by atoms with van der Waals surface area (Å²) in [5, 5.41) is 13.5. The Morgan fingerprint density at radius 1 is 1.22 bits per heavy atom. The minimum Gasteiger partial charge on any atom is -0.305 e. The molecule has 0 atom stereocenters. The van der Waals surface area contributed by atoms with E-state index in [1.54, 1.807) is 25.4 Å². The summed E-state index contributed by atoms with van der Waals surface area (Å²) in [4.78, 5) is 34.3. The summed E-state index contributed by atoms with van der Waals surface area (Å²) in [6.07, 6.45) is 9.31. The Morgan fingerprint density at radius 3 is 2.81 bits per heavy atom. The van der Waals surface area contributed by atoms with Gasteiger partial charge in [-0.05, 0) is 42.4 Å². The molecule has 1 aliphatic carbocycles. The molecule has 1 fully saturated rings. The largest absolute Gasteiger partial charge is 0.324 e. The summed E-state index contributed by atoms with van der Waals surface area (Å²) in [5.74, 6) is 0.449. The van der Waals surface area contributed by atoms with Crippen molar-refractivity contribution in [2.75, 3.05) is 16.9 Å². The summed E-state index contributed by atoms with van der Waals surface area (Å²) in [6.45, 7) is 0. The van der Waals surface area contributed by atoms with E-state index in [9.17, 15) is 14.0 Å². The first-order valence-electron chi connectivity index (χ1n) is 11.7. The van der Waals surface area contributed by atoms with Crippen LogP contribution in [0, 0.1) is 11.7 Å². The number of nitrogens with one attached hydrogen (secondary N) is 3. The van der Waals surface area contributed by atoms with E-state index in [1.807, 2.05) is 6.26 Å². The fraction of sp³-hybridized carbons (Fsp3) is 0.320. The molecule has 9 nitrogen and oxygen atoms in total. The van der Waals surface area contributed by atoms with Crippen molar-refractivity contribution >= 4 is 40.3 Å². The van der Waals surface area contributed by atoms with Crippen molar-refractivity contribution in [3.63, 3.8) is 0 Å². The second-order valence-corrected chi connectivity index (χ2v) is 9.73.